The third-order valence-electron chi connectivity index (χ3n) is 2.75. The van der Waals surface area contributed by atoms with Gasteiger partial charge in [-0.3, -0.25) is 4.79 Å². The molecule has 0 spiro atoms. The zero-order valence-electron chi connectivity index (χ0n) is 11.1. The smallest absolute Gasteiger partial charge is 0.320 e. The van der Waals surface area contributed by atoms with Crippen LogP contribution < -0.4 is 10.1 Å². The summed E-state index contributed by atoms with van der Waals surface area (Å²) in [6, 6.07) is 6.87. The monoisotopic (exact) mass is 267 g/mol. The molecular formula is C14H21NO4. The standard InChI is InChI=1S/C14H21NO4/c1-2-15-13(14(17)18)8-10-19-12-5-3-11(4-6-12)7-9-16/h3-6,13,15-16H,2,7-10H2,1H3,(H,17,18). The minimum Gasteiger partial charge on any atom is -0.494 e. The predicted octanol–water partition coefficient (Wildman–Crippen LogP) is 1.05. The summed E-state index contributed by atoms with van der Waals surface area (Å²) >= 11 is 0. The lowest BCUT2D eigenvalue weighted by atomic mass is 10.1. The Labute approximate surface area is 113 Å². The van der Waals surface area contributed by atoms with Crippen LogP contribution in [0.4, 0.5) is 0 Å². The second-order valence-corrected chi connectivity index (χ2v) is 4.20. The summed E-state index contributed by atoms with van der Waals surface area (Å²) in [6.45, 7) is 2.97. The third kappa shape index (κ3) is 5.72. The molecule has 0 heterocycles. The first kappa shape index (κ1) is 15.5. The van der Waals surface area contributed by atoms with Gasteiger partial charge in [-0.1, -0.05) is 19.1 Å². The van der Waals surface area contributed by atoms with Crippen LogP contribution in [0.5, 0.6) is 5.75 Å². The Hall–Kier alpha value is -1.59. The summed E-state index contributed by atoms with van der Waals surface area (Å²) in [7, 11) is 0. The van der Waals surface area contributed by atoms with E-state index in [1.807, 2.05) is 31.2 Å². The van der Waals surface area contributed by atoms with E-state index in [1.54, 1.807) is 0 Å². The van der Waals surface area contributed by atoms with Crippen molar-refractivity contribution in [3.63, 3.8) is 0 Å². The molecule has 1 aromatic rings. The Morgan fingerprint density at radius 3 is 2.58 bits per heavy atom. The number of nitrogens with one attached hydrogen (secondary N) is 1. The second-order valence-electron chi connectivity index (χ2n) is 4.20. The number of carboxylic acids is 1. The highest BCUT2D eigenvalue weighted by molar-refractivity contribution is 5.73. The highest BCUT2D eigenvalue weighted by atomic mass is 16.5. The Kier molecular flexibility index (Phi) is 6.92. The molecule has 5 nitrogen and oxygen atoms in total. The van der Waals surface area contributed by atoms with Gasteiger partial charge in [0.15, 0.2) is 0 Å². The normalized spacial score (nSPS) is 12.1. The van der Waals surface area contributed by atoms with Crippen molar-refractivity contribution in [2.24, 2.45) is 0 Å². The van der Waals surface area contributed by atoms with Gasteiger partial charge < -0.3 is 20.3 Å². The van der Waals surface area contributed by atoms with Crippen molar-refractivity contribution in [3.8, 4) is 5.75 Å². The molecule has 0 aromatic heterocycles. The van der Waals surface area contributed by atoms with E-state index in [2.05, 4.69) is 5.32 Å². The molecule has 106 valence electrons. The first-order valence-electron chi connectivity index (χ1n) is 6.46. The molecule has 0 aliphatic carbocycles. The molecule has 1 aromatic carbocycles. The zero-order valence-corrected chi connectivity index (χ0v) is 11.1. The minimum absolute atomic E-state index is 0.128. The number of aliphatic carboxylic acids is 1. The molecule has 5 heteroatoms. The first-order valence-corrected chi connectivity index (χ1v) is 6.46. The Balaban J connectivity index is 2.37. The van der Waals surface area contributed by atoms with Crippen molar-refractivity contribution < 1.29 is 19.7 Å². The molecule has 0 bridgehead atoms. The number of ether oxygens (including phenoxy) is 1. The van der Waals surface area contributed by atoms with Crippen LogP contribution in [-0.2, 0) is 11.2 Å². The summed E-state index contributed by atoms with van der Waals surface area (Å²) in [5.74, 6) is -0.147. The van der Waals surface area contributed by atoms with Crippen LogP contribution in [0.15, 0.2) is 24.3 Å². The van der Waals surface area contributed by atoms with Gasteiger partial charge in [0.2, 0.25) is 0 Å². The van der Waals surface area contributed by atoms with Crippen LogP contribution >= 0.6 is 0 Å². The maximum Gasteiger partial charge on any atom is 0.320 e. The van der Waals surface area contributed by atoms with Crippen LogP contribution in [-0.4, -0.2) is 42.0 Å². The molecule has 0 radical (unpaired) electrons. The third-order valence-corrected chi connectivity index (χ3v) is 2.75. The van der Waals surface area contributed by atoms with Crippen LogP contribution in [0, 0.1) is 0 Å². The number of rotatable bonds is 9. The van der Waals surface area contributed by atoms with Crippen LogP contribution in [0.2, 0.25) is 0 Å². The lowest BCUT2D eigenvalue weighted by molar-refractivity contribution is -0.139. The highest BCUT2D eigenvalue weighted by Gasteiger charge is 2.15. The van der Waals surface area contributed by atoms with Crippen molar-refractivity contribution in [3.05, 3.63) is 29.8 Å². The predicted molar refractivity (Wildman–Crippen MR) is 72.4 cm³/mol. The molecule has 19 heavy (non-hydrogen) atoms. The van der Waals surface area contributed by atoms with Crippen LogP contribution in [0.1, 0.15) is 18.9 Å². The number of aliphatic hydroxyl groups is 1. The lowest BCUT2D eigenvalue weighted by Gasteiger charge is -2.13. The summed E-state index contributed by atoms with van der Waals surface area (Å²) in [4.78, 5) is 10.9. The fraction of sp³-hybridized carbons (Fsp3) is 0.500. The summed E-state index contributed by atoms with van der Waals surface area (Å²) < 4.78 is 5.50. The molecule has 1 rings (SSSR count). The Morgan fingerprint density at radius 2 is 2.05 bits per heavy atom. The number of carboxylic acid groups (broad SMARTS) is 1. The summed E-state index contributed by atoms with van der Waals surface area (Å²) in [6.07, 6.45) is 1.04. The fourth-order valence-electron chi connectivity index (χ4n) is 1.74. The molecule has 3 N–H and O–H groups in total. The second kappa shape index (κ2) is 8.50. The van der Waals surface area contributed by atoms with E-state index in [4.69, 9.17) is 14.9 Å². The van der Waals surface area contributed by atoms with E-state index >= 15 is 0 Å². The molecule has 0 saturated carbocycles. The molecule has 1 atom stereocenters. The fourth-order valence-corrected chi connectivity index (χ4v) is 1.74. The topological polar surface area (TPSA) is 78.8 Å². The van der Waals surface area contributed by atoms with Gasteiger partial charge >= 0.3 is 5.97 Å². The quantitative estimate of drug-likeness (QED) is 0.623. The molecule has 1 unspecified atom stereocenters. The van der Waals surface area contributed by atoms with E-state index in [0.717, 1.165) is 5.56 Å². The van der Waals surface area contributed by atoms with Gasteiger partial charge in [-0.15, -0.1) is 0 Å². The number of aliphatic hydroxyl groups excluding tert-OH is 1. The van der Waals surface area contributed by atoms with Gasteiger partial charge in [0.25, 0.3) is 0 Å². The number of hydrogen-bond acceptors (Lipinski definition) is 4. The van der Waals surface area contributed by atoms with Gasteiger partial charge in [0.05, 0.1) is 6.61 Å². The van der Waals surface area contributed by atoms with E-state index in [1.165, 1.54) is 0 Å². The number of hydrogen-bond donors (Lipinski definition) is 3. The van der Waals surface area contributed by atoms with E-state index in [0.29, 0.717) is 31.7 Å². The van der Waals surface area contributed by atoms with Gasteiger partial charge in [-0.05, 0) is 30.7 Å². The molecule has 0 aliphatic heterocycles. The average molecular weight is 267 g/mol. The SMILES string of the molecule is CCNC(CCOc1ccc(CCO)cc1)C(=O)O. The molecule has 0 saturated heterocycles. The number of carbonyl (C=O) groups is 1. The van der Waals surface area contributed by atoms with E-state index in [9.17, 15) is 4.79 Å². The van der Waals surface area contributed by atoms with Crippen molar-refractivity contribution in [1.82, 2.24) is 5.32 Å². The number of benzene rings is 1. The number of likely N-dealkylation sites (N-methyl/N-ethyl adjacent to an activating group) is 1. The van der Waals surface area contributed by atoms with E-state index in [-0.39, 0.29) is 6.61 Å². The first-order chi connectivity index (χ1) is 9.17. The maximum atomic E-state index is 10.9. The zero-order chi connectivity index (χ0) is 14.1. The molecule has 0 aliphatic rings. The molecule has 0 fully saturated rings. The van der Waals surface area contributed by atoms with Crippen molar-refractivity contribution in [1.29, 1.82) is 0 Å². The molecule has 0 amide bonds. The summed E-state index contributed by atoms with van der Waals surface area (Å²) in [5, 5.41) is 20.6. The molecular weight excluding hydrogens is 246 g/mol. The average Bonchev–Trinajstić information content (AvgIpc) is 2.40. The van der Waals surface area contributed by atoms with Crippen LogP contribution in [0.25, 0.3) is 0 Å². The van der Waals surface area contributed by atoms with Crippen molar-refractivity contribution >= 4 is 5.97 Å². The maximum absolute atomic E-state index is 10.9. The van der Waals surface area contributed by atoms with Gasteiger partial charge in [0.1, 0.15) is 11.8 Å². The van der Waals surface area contributed by atoms with Crippen LogP contribution in [0.3, 0.4) is 0 Å². The Morgan fingerprint density at radius 1 is 1.37 bits per heavy atom. The largest absolute Gasteiger partial charge is 0.494 e. The lowest BCUT2D eigenvalue weighted by Crippen LogP contribution is -2.37. The van der Waals surface area contributed by atoms with Crippen molar-refractivity contribution in [2.75, 3.05) is 19.8 Å². The van der Waals surface area contributed by atoms with E-state index < -0.39 is 12.0 Å². The summed E-state index contributed by atoms with van der Waals surface area (Å²) in [5.41, 5.74) is 1.05. The van der Waals surface area contributed by atoms with Gasteiger partial charge in [-0.25, -0.2) is 0 Å². The minimum atomic E-state index is -0.858. The van der Waals surface area contributed by atoms with Crippen molar-refractivity contribution in [2.45, 2.75) is 25.8 Å². The Bertz CT molecular complexity index is 378. The van der Waals surface area contributed by atoms with Gasteiger partial charge in [-0.2, -0.15) is 0 Å². The van der Waals surface area contributed by atoms with Gasteiger partial charge in [0, 0.05) is 13.0 Å². The highest BCUT2D eigenvalue weighted by Crippen LogP contribution is 2.13.